The number of pyridine rings is 2. The Kier molecular flexibility index (Phi) is 7.28. The van der Waals surface area contributed by atoms with Gasteiger partial charge in [-0.1, -0.05) is 34.4 Å². The minimum absolute atomic E-state index is 0.0212. The van der Waals surface area contributed by atoms with Crippen LogP contribution in [0, 0.1) is 0 Å². The van der Waals surface area contributed by atoms with Gasteiger partial charge in [0.1, 0.15) is 11.5 Å². The molecule has 11 heteroatoms. The van der Waals surface area contributed by atoms with Crippen LogP contribution in [0.2, 0.25) is 10.0 Å². The van der Waals surface area contributed by atoms with E-state index in [1.807, 2.05) is 0 Å². The molecule has 4 aliphatic carbocycles. The van der Waals surface area contributed by atoms with Gasteiger partial charge in [-0.2, -0.15) is 0 Å². The summed E-state index contributed by atoms with van der Waals surface area (Å²) in [7, 11) is 0. The van der Waals surface area contributed by atoms with E-state index >= 15 is 0 Å². The highest BCUT2D eigenvalue weighted by Crippen LogP contribution is 2.56. The van der Waals surface area contributed by atoms with E-state index in [1.54, 1.807) is 24.5 Å². The van der Waals surface area contributed by atoms with Crippen LogP contribution >= 0.6 is 23.2 Å². The van der Waals surface area contributed by atoms with Crippen molar-refractivity contribution in [3.63, 3.8) is 0 Å². The number of aromatic nitrogens is 3. The molecule has 4 heterocycles. The van der Waals surface area contributed by atoms with Crippen molar-refractivity contribution < 1.29 is 23.9 Å². The summed E-state index contributed by atoms with van der Waals surface area (Å²) in [5, 5.41) is 15.9. The van der Waals surface area contributed by atoms with Crippen LogP contribution in [0.3, 0.4) is 0 Å². The molecular formula is C34H34Cl2N4O5. The fourth-order valence-corrected chi connectivity index (χ4v) is 8.16. The molecule has 0 atom stereocenters. The molecule has 4 aromatic rings. The average Bonchev–Trinajstić information content (AvgIpc) is 3.83. The molecular weight excluding hydrogens is 615 g/mol. The van der Waals surface area contributed by atoms with Crippen LogP contribution in [0.5, 0.6) is 0 Å². The predicted molar refractivity (Wildman–Crippen MR) is 170 cm³/mol. The SMILES string of the molecule is O=C(O)c1cc(N2CCOCC2)c2nc(C34CCC(OCc5c(-c6c(Cl)cncc6Cl)noc5C5CC5)(CC3)CC4)ccc2c1. The number of morpholine rings is 1. The van der Waals surface area contributed by atoms with Crippen LogP contribution < -0.4 is 4.90 Å². The van der Waals surface area contributed by atoms with Gasteiger partial charge in [0.25, 0.3) is 0 Å². The van der Waals surface area contributed by atoms with Crippen LogP contribution in [0.15, 0.2) is 41.2 Å². The van der Waals surface area contributed by atoms with E-state index in [9.17, 15) is 9.90 Å². The Hall–Kier alpha value is -3.24. The van der Waals surface area contributed by atoms with Gasteiger partial charge in [0.15, 0.2) is 0 Å². The summed E-state index contributed by atoms with van der Waals surface area (Å²) in [6, 6.07) is 7.67. The van der Waals surface area contributed by atoms with Gasteiger partial charge in [-0.15, -0.1) is 0 Å². The Labute approximate surface area is 270 Å². The normalized spacial score (nSPS) is 24.8. The summed E-state index contributed by atoms with van der Waals surface area (Å²) < 4.78 is 18.3. The van der Waals surface area contributed by atoms with Crippen LogP contribution in [0.25, 0.3) is 22.2 Å². The largest absolute Gasteiger partial charge is 0.478 e. The van der Waals surface area contributed by atoms with E-state index < -0.39 is 5.97 Å². The highest BCUT2D eigenvalue weighted by Gasteiger charge is 2.51. The van der Waals surface area contributed by atoms with E-state index in [1.165, 1.54) is 0 Å². The first-order valence-electron chi connectivity index (χ1n) is 15.8. The third-order valence-electron chi connectivity index (χ3n) is 10.5. The summed E-state index contributed by atoms with van der Waals surface area (Å²) in [4.78, 5) is 23.5. The zero-order valence-electron chi connectivity index (χ0n) is 24.9. The van der Waals surface area contributed by atoms with Crippen molar-refractivity contribution in [3.8, 4) is 11.3 Å². The number of nitrogens with zero attached hydrogens (tertiary/aromatic N) is 4. The van der Waals surface area contributed by atoms with Crippen molar-refractivity contribution in [2.24, 2.45) is 0 Å². The summed E-state index contributed by atoms with van der Waals surface area (Å²) in [5.74, 6) is 0.313. The first kappa shape index (κ1) is 29.2. The molecule has 0 unspecified atom stereocenters. The van der Waals surface area contributed by atoms with Crippen LogP contribution in [0.4, 0.5) is 5.69 Å². The number of benzene rings is 1. The highest BCUT2D eigenvalue weighted by molar-refractivity contribution is 6.38. The Morgan fingerprint density at radius 3 is 2.40 bits per heavy atom. The molecule has 2 bridgehead atoms. The number of aromatic carboxylic acids is 1. The number of ether oxygens (including phenoxy) is 2. The summed E-state index contributed by atoms with van der Waals surface area (Å²) >= 11 is 13.1. The lowest BCUT2D eigenvalue weighted by Gasteiger charge is -2.53. The number of hydrogen-bond acceptors (Lipinski definition) is 8. The van der Waals surface area contributed by atoms with Crippen molar-refractivity contribution in [2.75, 3.05) is 31.2 Å². The molecule has 5 aliphatic rings. The molecule has 1 saturated heterocycles. The second kappa shape index (κ2) is 11.2. The van der Waals surface area contributed by atoms with Gasteiger partial charge < -0.3 is 24.0 Å². The number of rotatable bonds is 8. The van der Waals surface area contributed by atoms with E-state index in [0.717, 1.165) is 85.0 Å². The summed E-state index contributed by atoms with van der Waals surface area (Å²) in [6.07, 6.45) is 11.1. The minimum atomic E-state index is -0.931. The minimum Gasteiger partial charge on any atom is -0.478 e. The van der Waals surface area contributed by atoms with Gasteiger partial charge in [-0.3, -0.25) is 9.97 Å². The number of halogens is 2. The zero-order valence-corrected chi connectivity index (χ0v) is 26.4. The quantitative estimate of drug-likeness (QED) is 0.207. The zero-order chi connectivity index (χ0) is 30.8. The van der Waals surface area contributed by atoms with Crippen molar-refractivity contribution in [1.29, 1.82) is 0 Å². The molecule has 4 saturated carbocycles. The molecule has 0 radical (unpaired) electrons. The monoisotopic (exact) mass is 648 g/mol. The molecule has 1 N–H and O–H groups in total. The number of hydrogen-bond donors (Lipinski definition) is 1. The highest BCUT2D eigenvalue weighted by atomic mass is 35.5. The van der Waals surface area contributed by atoms with E-state index in [0.29, 0.717) is 60.1 Å². The smallest absolute Gasteiger partial charge is 0.335 e. The van der Waals surface area contributed by atoms with Crippen molar-refractivity contribution >= 4 is 45.8 Å². The van der Waals surface area contributed by atoms with Crippen LogP contribution in [-0.2, 0) is 21.5 Å². The third kappa shape index (κ3) is 5.18. The van der Waals surface area contributed by atoms with Gasteiger partial charge in [0.2, 0.25) is 0 Å². The van der Waals surface area contributed by atoms with Gasteiger partial charge in [-0.25, -0.2) is 4.79 Å². The van der Waals surface area contributed by atoms with Gasteiger partial charge in [0, 0.05) is 59.0 Å². The predicted octanol–water partition coefficient (Wildman–Crippen LogP) is 7.57. The number of carboxylic acids is 1. The Morgan fingerprint density at radius 1 is 1.02 bits per heavy atom. The number of carboxylic acid groups (broad SMARTS) is 1. The third-order valence-corrected chi connectivity index (χ3v) is 11.0. The number of carbonyl (C=O) groups is 1. The molecule has 45 heavy (non-hydrogen) atoms. The Balaban J connectivity index is 1.05. The second-order valence-corrected chi connectivity index (χ2v) is 13.9. The van der Waals surface area contributed by atoms with Crippen LogP contribution in [-0.4, -0.2) is 58.1 Å². The fraction of sp³-hybridized carbons (Fsp3) is 0.471. The molecule has 3 aromatic heterocycles. The molecule has 9 rings (SSSR count). The van der Waals surface area contributed by atoms with E-state index in [2.05, 4.69) is 27.2 Å². The Bertz CT molecular complexity index is 1750. The Morgan fingerprint density at radius 2 is 1.73 bits per heavy atom. The fourth-order valence-electron chi connectivity index (χ4n) is 7.62. The topological polar surface area (TPSA) is 111 Å². The molecule has 5 fully saturated rings. The number of fused-ring (bicyclic) bond motifs is 4. The first-order valence-corrected chi connectivity index (χ1v) is 16.5. The molecule has 0 amide bonds. The summed E-state index contributed by atoms with van der Waals surface area (Å²) in [5.41, 5.74) is 5.12. The maximum atomic E-state index is 11.9. The lowest BCUT2D eigenvalue weighted by Crippen LogP contribution is -2.50. The van der Waals surface area contributed by atoms with Crippen LogP contribution in [0.1, 0.15) is 84.7 Å². The van der Waals surface area contributed by atoms with E-state index in [4.69, 9.17) is 42.2 Å². The van der Waals surface area contributed by atoms with E-state index in [-0.39, 0.29) is 16.6 Å². The summed E-state index contributed by atoms with van der Waals surface area (Å²) in [6.45, 7) is 3.06. The van der Waals surface area contributed by atoms with Crippen molar-refractivity contribution in [3.05, 3.63) is 69.3 Å². The molecule has 0 spiro atoms. The average molecular weight is 650 g/mol. The molecule has 9 nitrogen and oxygen atoms in total. The maximum Gasteiger partial charge on any atom is 0.335 e. The van der Waals surface area contributed by atoms with Gasteiger partial charge in [-0.05, 0) is 69.6 Å². The standard InChI is InChI=1S/C34H34Cl2N4O5/c35-24-17-37-18-25(36)28(24)30-23(31(45-39-30)20-1-2-20)19-44-34-8-5-33(6-9-34,7-10-34)27-4-3-21-15-22(32(41)42)16-26(29(21)38-27)40-11-13-43-14-12-40/h3-4,15-18,20H,1-2,5-14,19H2,(H,41,42). The lowest BCUT2D eigenvalue weighted by molar-refractivity contribution is -0.127. The van der Waals surface area contributed by atoms with Gasteiger partial charge in [0.05, 0.1) is 52.2 Å². The maximum absolute atomic E-state index is 11.9. The second-order valence-electron chi connectivity index (χ2n) is 13.0. The van der Waals surface area contributed by atoms with Gasteiger partial charge >= 0.3 is 5.97 Å². The molecule has 1 aromatic carbocycles. The molecule has 1 aliphatic heterocycles. The van der Waals surface area contributed by atoms with Crippen molar-refractivity contribution in [2.45, 2.75) is 74.9 Å². The number of anilines is 1. The van der Waals surface area contributed by atoms with Crippen molar-refractivity contribution in [1.82, 2.24) is 15.1 Å². The first-order chi connectivity index (χ1) is 21.8. The molecule has 234 valence electrons. The lowest BCUT2D eigenvalue weighted by atomic mass is 9.57.